The van der Waals surface area contributed by atoms with Gasteiger partial charge in [-0.2, -0.15) is 0 Å². The fourth-order valence-corrected chi connectivity index (χ4v) is 1.88. The highest BCUT2D eigenvalue weighted by Crippen LogP contribution is 2.05. The number of unbranched alkanes of at least 4 members (excludes halogenated alkanes) is 5. The Morgan fingerprint density at radius 1 is 1.37 bits per heavy atom. The van der Waals surface area contributed by atoms with Crippen molar-refractivity contribution in [2.24, 2.45) is 5.73 Å². The van der Waals surface area contributed by atoms with Crippen LogP contribution in [-0.4, -0.2) is 28.6 Å². The molecule has 0 aromatic carbocycles. The minimum absolute atomic E-state index is 0.330. The maximum atomic E-state index is 11.6. The molecule has 108 valence electrons. The third-order valence-electron chi connectivity index (χ3n) is 3.04. The highest BCUT2D eigenvalue weighted by Gasteiger charge is 2.15. The molecule has 0 radical (unpaired) electrons. The lowest BCUT2D eigenvalue weighted by atomic mass is 10.1. The van der Waals surface area contributed by atoms with Crippen molar-refractivity contribution in [2.75, 3.05) is 6.61 Å². The molecule has 0 spiro atoms. The topological polar surface area (TPSA) is 81.0 Å². The Labute approximate surface area is 114 Å². The molecule has 0 bridgehead atoms. The highest BCUT2D eigenvalue weighted by atomic mass is 16.5. The number of aromatic nitrogens is 2. The lowest BCUT2D eigenvalue weighted by Gasteiger charge is -2.10. The van der Waals surface area contributed by atoms with E-state index in [1.807, 2.05) is 0 Å². The van der Waals surface area contributed by atoms with Crippen LogP contribution >= 0.6 is 0 Å². The van der Waals surface area contributed by atoms with Gasteiger partial charge in [0.15, 0.2) is 0 Å². The molecule has 1 rings (SSSR count). The van der Waals surface area contributed by atoms with E-state index in [4.69, 9.17) is 10.5 Å². The number of nitrogens with two attached hydrogens (primary N) is 1. The number of rotatable bonds is 10. The van der Waals surface area contributed by atoms with Gasteiger partial charge in [-0.1, -0.05) is 39.0 Å². The second kappa shape index (κ2) is 9.55. The number of aromatic amines is 1. The Morgan fingerprint density at radius 2 is 2.11 bits per heavy atom. The van der Waals surface area contributed by atoms with Gasteiger partial charge in [-0.15, -0.1) is 0 Å². The minimum Gasteiger partial charge on any atom is -0.465 e. The van der Waals surface area contributed by atoms with Crippen molar-refractivity contribution < 1.29 is 9.53 Å². The van der Waals surface area contributed by atoms with E-state index in [2.05, 4.69) is 16.9 Å². The SMILES string of the molecule is CCCCCCCCOC(=O)[C@@H](N)Cc1cnc[nH]1. The second-order valence-electron chi connectivity index (χ2n) is 4.82. The monoisotopic (exact) mass is 267 g/mol. The molecule has 0 fully saturated rings. The van der Waals surface area contributed by atoms with Gasteiger partial charge in [0.05, 0.1) is 12.9 Å². The molecule has 0 saturated carbocycles. The quantitative estimate of drug-likeness (QED) is 0.503. The van der Waals surface area contributed by atoms with E-state index in [0.29, 0.717) is 13.0 Å². The van der Waals surface area contributed by atoms with Gasteiger partial charge < -0.3 is 15.5 Å². The number of nitrogens with zero attached hydrogens (tertiary/aromatic N) is 1. The third-order valence-corrected chi connectivity index (χ3v) is 3.04. The maximum Gasteiger partial charge on any atom is 0.323 e. The highest BCUT2D eigenvalue weighted by molar-refractivity contribution is 5.75. The number of imidazole rings is 1. The molecule has 1 heterocycles. The molecule has 0 unspecified atom stereocenters. The molecule has 0 aliphatic carbocycles. The van der Waals surface area contributed by atoms with E-state index in [1.54, 1.807) is 12.5 Å². The molecule has 5 nitrogen and oxygen atoms in total. The van der Waals surface area contributed by atoms with Crippen LogP contribution in [-0.2, 0) is 16.0 Å². The zero-order valence-electron chi connectivity index (χ0n) is 11.7. The maximum absolute atomic E-state index is 11.6. The lowest BCUT2D eigenvalue weighted by Crippen LogP contribution is -2.34. The molecule has 1 aromatic heterocycles. The van der Waals surface area contributed by atoms with Gasteiger partial charge in [0.2, 0.25) is 0 Å². The van der Waals surface area contributed by atoms with Gasteiger partial charge in [-0.05, 0) is 6.42 Å². The zero-order valence-corrected chi connectivity index (χ0v) is 11.7. The number of H-pyrrole nitrogens is 1. The van der Waals surface area contributed by atoms with Gasteiger partial charge in [0.1, 0.15) is 6.04 Å². The Balaban J connectivity index is 2.03. The average Bonchev–Trinajstić information content (AvgIpc) is 2.90. The first-order valence-electron chi connectivity index (χ1n) is 7.13. The summed E-state index contributed by atoms with van der Waals surface area (Å²) in [6, 6.07) is -0.611. The van der Waals surface area contributed by atoms with Crippen LogP contribution in [0.15, 0.2) is 12.5 Å². The molecule has 3 N–H and O–H groups in total. The van der Waals surface area contributed by atoms with Crippen LogP contribution in [0.25, 0.3) is 0 Å². The van der Waals surface area contributed by atoms with Crippen LogP contribution in [0.1, 0.15) is 51.1 Å². The van der Waals surface area contributed by atoms with Crippen LogP contribution in [0.2, 0.25) is 0 Å². The molecule has 0 aliphatic heterocycles. The summed E-state index contributed by atoms with van der Waals surface area (Å²) < 4.78 is 5.16. The Hall–Kier alpha value is -1.36. The van der Waals surface area contributed by atoms with E-state index in [0.717, 1.165) is 18.5 Å². The molecule has 0 aliphatic rings. The van der Waals surface area contributed by atoms with Crippen LogP contribution in [0, 0.1) is 0 Å². The number of carbonyl (C=O) groups excluding carboxylic acids is 1. The number of hydrogen-bond acceptors (Lipinski definition) is 4. The molecule has 5 heteroatoms. The number of carbonyl (C=O) groups is 1. The van der Waals surface area contributed by atoms with Crippen molar-refractivity contribution in [3.8, 4) is 0 Å². The largest absolute Gasteiger partial charge is 0.465 e. The standard InChI is InChI=1S/C14H25N3O2/c1-2-3-4-5-6-7-8-19-14(18)13(15)9-12-10-16-11-17-12/h10-11,13H,2-9,15H2,1H3,(H,16,17)/t13-/m0/s1. The molecule has 19 heavy (non-hydrogen) atoms. The van der Waals surface area contributed by atoms with E-state index in [-0.39, 0.29) is 5.97 Å². The molecule has 1 aromatic rings. The van der Waals surface area contributed by atoms with Crippen molar-refractivity contribution >= 4 is 5.97 Å². The van der Waals surface area contributed by atoms with Crippen molar-refractivity contribution in [1.82, 2.24) is 9.97 Å². The molecule has 1 atom stereocenters. The van der Waals surface area contributed by atoms with Crippen LogP contribution < -0.4 is 5.73 Å². The summed E-state index contributed by atoms with van der Waals surface area (Å²) in [7, 11) is 0. The van der Waals surface area contributed by atoms with Gasteiger partial charge in [-0.3, -0.25) is 4.79 Å². The molecule has 0 saturated heterocycles. The fourth-order valence-electron chi connectivity index (χ4n) is 1.88. The number of esters is 1. The molecule has 0 amide bonds. The lowest BCUT2D eigenvalue weighted by molar-refractivity contribution is -0.145. The summed E-state index contributed by atoms with van der Waals surface area (Å²) in [5.41, 5.74) is 6.62. The Kier molecular flexibility index (Phi) is 7.89. The normalized spacial score (nSPS) is 12.3. The van der Waals surface area contributed by atoms with Crippen LogP contribution in [0.5, 0.6) is 0 Å². The smallest absolute Gasteiger partial charge is 0.323 e. The van der Waals surface area contributed by atoms with Crippen LogP contribution in [0.3, 0.4) is 0 Å². The van der Waals surface area contributed by atoms with Crippen molar-refractivity contribution in [3.63, 3.8) is 0 Å². The summed E-state index contributed by atoms with van der Waals surface area (Å²) in [6.45, 7) is 2.67. The summed E-state index contributed by atoms with van der Waals surface area (Å²) >= 11 is 0. The van der Waals surface area contributed by atoms with Gasteiger partial charge in [-0.25, -0.2) is 4.98 Å². The second-order valence-corrected chi connectivity index (χ2v) is 4.82. The molecular formula is C14H25N3O2. The van der Waals surface area contributed by atoms with E-state index in [9.17, 15) is 4.79 Å². The van der Waals surface area contributed by atoms with Crippen molar-refractivity contribution in [3.05, 3.63) is 18.2 Å². The first-order valence-corrected chi connectivity index (χ1v) is 7.13. The average molecular weight is 267 g/mol. The number of nitrogens with one attached hydrogen (secondary N) is 1. The number of ether oxygens (including phenoxy) is 1. The van der Waals surface area contributed by atoms with E-state index in [1.165, 1.54) is 25.7 Å². The zero-order chi connectivity index (χ0) is 13.9. The predicted molar refractivity (Wildman–Crippen MR) is 74.6 cm³/mol. The van der Waals surface area contributed by atoms with E-state index >= 15 is 0 Å². The third kappa shape index (κ3) is 6.96. The van der Waals surface area contributed by atoms with Gasteiger partial charge in [0, 0.05) is 18.3 Å². The summed E-state index contributed by atoms with van der Waals surface area (Å²) in [5, 5.41) is 0. The van der Waals surface area contributed by atoms with Crippen LogP contribution in [0.4, 0.5) is 0 Å². The molecular weight excluding hydrogens is 242 g/mol. The predicted octanol–water partition coefficient (Wildman–Crippen LogP) is 2.18. The minimum atomic E-state index is -0.611. The van der Waals surface area contributed by atoms with Gasteiger partial charge in [0.25, 0.3) is 0 Å². The summed E-state index contributed by atoms with van der Waals surface area (Å²) in [6.07, 6.45) is 10.7. The van der Waals surface area contributed by atoms with E-state index < -0.39 is 6.04 Å². The van der Waals surface area contributed by atoms with Gasteiger partial charge >= 0.3 is 5.97 Å². The summed E-state index contributed by atoms with van der Waals surface area (Å²) in [5.74, 6) is -0.330. The Bertz CT molecular complexity index is 338. The fraction of sp³-hybridized carbons (Fsp3) is 0.714. The number of hydrogen-bond donors (Lipinski definition) is 2. The summed E-state index contributed by atoms with van der Waals surface area (Å²) in [4.78, 5) is 18.4. The van der Waals surface area contributed by atoms with Crippen molar-refractivity contribution in [2.45, 2.75) is 57.9 Å². The first-order chi connectivity index (χ1) is 9.24. The van der Waals surface area contributed by atoms with Crippen molar-refractivity contribution in [1.29, 1.82) is 0 Å². The Morgan fingerprint density at radius 3 is 2.79 bits per heavy atom. The first kappa shape index (κ1) is 15.7.